The van der Waals surface area contributed by atoms with Crippen LogP contribution < -0.4 is 0 Å². The third kappa shape index (κ3) is 3.34. The predicted octanol–water partition coefficient (Wildman–Crippen LogP) is 3.06. The van der Waals surface area contributed by atoms with Gasteiger partial charge in [-0.3, -0.25) is 9.48 Å². The number of carbonyl (C=O) groups is 1. The largest absolute Gasteiger partial charge is 0.412 e. The van der Waals surface area contributed by atoms with Gasteiger partial charge in [0, 0.05) is 37.6 Å². The number of rotatable bonds is 4. The Morgan fingerprint density at radius 3 is 2.91 bits per heavy atom. The second kappa shape index (κ2) is 7.90. The maximum Gasteiger partial charge on any atom is 0.312 e. The molecular weight excluding hydrogens is 446 g/mol. The van der Waals surface area contributed by atoms with Gasteiger partial charge < -0.3 is 14.3 Å². The van der Waals surface area contributed by atoms with E-state index in [9.17, 15) is 4.79 Å². The van der Waals surface area contributed by atoms with Crippen molar-refractivity contribution in [1.29, 1.82) is 0 Å². The number of hydrogen-bond acceptors (Lipinski definition) is 7. The fraction of sp³-hybridized carbons (Fsp3) is 0.333. The Labute approximate surface area is 200 Å². The van der Waals surface area contributed by atoms with E-state index >= 15 is 0 Å². The van der Waals surface area contributed by atoms with E-state index in [4.69, 9.17) is 9.52 Å². The van der Waals surface area contributed by atoms with Gasteiger partial charge in [-0.2, -0.15) is 10.2 Å². The van der Waals surface area contributed by atoms with Gasteiger partial charge in [-0.15, -0.1) is 10.2 Å². The number of imidazole rings is 1. The molecule has 6 rings (SSSR count). The van der Waals surface area contributed by atoms with E-state index in [0.29, 0.717) is 24.4 Å². The lowest BCUT2D eigenvalue weighted by molar-refractivity contribution is 0.0646. The lowest BCUT2D eigenvalue weighted by atomic mass is 9.98. The first-order valence-corrected chi connectivity index (χ1v) is 11.6. The zero-order valence-electron chi connectivity index (χ0n) is 19.9. The molecule has 0 spiro atoms. The molecule has 6 heterocycles. The summed E-state index contributed by atoms with van der Waals surface area (Å²) in [7, 11) is 1.83. The summed E-state index contributed by atoms with van der Waals surface area (Å²) >= 11 is 0. The van der Waals surface area contributed by atoms with E-state index in [1.54, 1.807) is 22.1 Å². The SMILES string of the molecule is Cc1c(-c2nnc(C(=O)N3CCc4[nH]cnc4[C@@H]3c3cc4c(C(C)C)cccn4n3)o2)cnn1C. The summed E-state index contributed by atoms with van der Waals surface area (Å²) in [4.78, 5) is 23.2. The minimum absolute atomic E-state index is 0.0705. The zero-order valence-corrected chi connectivity index (χ0v) is 19.9. The molecule has 0 fully saturated rings. The van der Waals surface area contributed by atoms with E-state index in [1.165, 1.54) is 5.56 Å². The summed E-state index contributed by atoms with van der Waals surface area (Å²) in [5, 5.41) is 17.2. The smallest absolute Gasteiger partial charge is 0.312 e. The molecule has 1 aliphatic rings. The van der Waals surface area contributed by atoms with Crippen molar-refractivity contribution >= 4 is 11.4 Å². The first-order valence-electron chi connectivity index (χ1n) is 11.6. The first-order chi connectivity index (χ1) is 16.9. The van der Waals surface area contributed by atoms with Gasteiger partial charge in [0.25, 0.3) is 5.89 Å². The van der Waals surface area contributed by atoms with Gasteiger partial charge in [-0.1, -0.05) is 19.9 Å². The molecule has 0 unspecified atom stereocenters. The van der Waals surface area contributed by atoms with Crippen LogP contribution in [-0.4, -0.2) is 56.9 Å². The van der Waals surface area contributed by atoms with Crippen LogP contribution in [0.15, 0.2) is 41.3 Å². The van der Waals surface area contributed by atoms with Crippen LogP contribution in [0.5, 0.6) is 0 Å². The van der Waals surface area contributed by atoms with Crippen LogP contribution in [-0.2, 0) is 13.5 Å². The summed E-state index contributed by atoms with van der Waals surface area (Å²) in [6.07, 6.45) is 5.88. The highest BCUT2D eigenvalue weighted by Crippen LogP contribution is 2.35. The van der Waals surface area contributed by atoms with Gasteiger partial charge >= 0.3 is 11.8 Å². The molecule has 0 saturated heterocycles. The lowest BCUT2D eigenvalue weighted by Crippen LogP contribution is -2.41. The number of aryl methyl sites for hydroxylation is 1. The van der Waals surface area contributed by atoms with Crippen molar-refractivity contribution in [2.24, 2.45) is 7.05 Å². The normalized spacial score (nSPS) is 15.8. The molecule has 11 heteroatoms. The Balaban J connectivity index is 1.41. The summed E-state index contributed by atoms with van der Waals surface area (Å²) in [5.74, 6) is 0.173. The number of nitrogens with zero attached hydrogens (tertiary/aromatic N) is 8. The van der Waals surface area contributed by atoms with E-state index in [-0.39, 0.29) is 17.7 Å². The maximum atomic E-state index is 13.7. The van der Waals surface area contributed by atoms with Crippen LogP contribution >= 0.6 is 0 Å². The fourth-order valence-corrected chi connectivity index (χ4v) is 4.72. The molecule has 1 atom stereocenters. The Kier molecular flexibility index (Phi) is 4.80. The summed E-state index contributed by atoms with van der Waals surface area (Å²) in [5.41, 5.74) is 6.29. The number of pyridine rings is 1. The molecule has 0 aliphatic carbocycles. The van der Waals surface area contributed by atoms with Crippen molar-refractivity contribution in [1.82, 2.24) is 44.5 Å². The zero-order chi connectivity index (χ0) is 24.3. The number of nitrogens with one attached hydrogen (secondary N) is 1. The highest BCUT2D eigenvalue weighted by molar-refractivity contribution is 5.90. The van der Waals surface area contributed by atoms with Crippen LogP contribution in [0, 0.1) is 6.92 Å². The molecule has 178 valence electrons. The average molecular weight is 472 g/mol. The standard InChI is InChI=1S/C24H25N9O2/c1-13(2)15-6-5-8-33-19(15)10-18(30-33)21-20-17(25-12-26-20)7-9-32(21)24(34)23-29-28-22(35-23)16-11-27-31(4)14(16)3/h5-6,8,10-13,21H,7,9H2,1-4H3,(H,25,26)/t21-/m0/s1. The third-order valence-corrected chi connectivity index (χ3v) is 6.72. The number of fused-ring (bicyclic) bond motifs is 2. The minimum atomic E-state index is -0.479. The van der Waals surface area contributed by atoms with Gasteiger partial charge in [0.15, 0.2) is 0 Å². The van der Waals surface area contributed by atoms with Crippen molar-refractivity contribution in [2.45, 2.75) is 39.2 Å². The molecule has 0 saturated carbocycles. The third-order valence-electron chi connectivity index (χ3n) is 6.72. The van der Waals surface area contributed by atoms with Crippen molar-refractivity contribution < 1.29 is 9.21 Å². The van der Waals surface area contributed by atoms with Gasteiger partial charge in [-0.25, -0.2) is 9.50 Å². The minimum Gasteiger partial charge on any atom is -0.412 e. The Bertz CT molecular complexity index is 1550. The molecule has 1 N–H and O–H groups in total. The Morgan fingerprint density at radius 1 is 1.29 bits per heavy atom. The molecule has 11 nitrogen and oxygen atoms in total. The molecular formula is C24H25N9O2. The molecule has 1 aliphatic heterocycles. The Morgan fingerprint density at radius 2 is 2.14 bits per heavy atom. The molecule has 35 heavy (non-hydrogen) atoms. The number of aromatic nitrogens is 8. The maximum absolute atomic E-state index is 13.7. The fourth-order valence-electron chi connectivity index (χ4n) is 4.72. The van der Waals surface area contributed by atoms with Crippen LogP contribution in [0.3, 0.4) is 0 Å². The monoisotopic (exact) mass is 471 g/mol. The van der Waals surface area contributed by atoms with Crippen LogP contribution in [0.2, 0.25) is 0 Å². The molecule has 0 aromatic carbocycles. The van der Waals surface area contributed by atoms with Gasteiger partial charge in [0.1, 0.15) is 6.04 Å². The summed E-state index contributed by atoms with van der Waals surface area (Å²) in [6, 6.07) is 5.66. The summed E-state index contributed by atoms with van der Waals surface area (Å²) in [6.45, 7) is 6.68. The summed E-state index contributed by atoms with van der Waals surface area (Å²) < 4.78 is 9.40. The second-order valence-corrected chi connectivity index (χ2v) is 9.11. The van der Waals surface area contributed by atoms with E-state index in [0.717, 1.165) is 28.3 Å². The highest BCUT2D eigenvalue weighted by Gasteiger charge is 2.38. The molecule has 0 radical (unpaired) electrons. The van der Waals surface area contributed by atoms with Crippen LogP contribution in [0.1, 0.15) is 64.8 Å². The number of amides is 1. The first kappa shape index (κ1) is 21.3. The number of H-pyrrole nitrogens is 1. The van der Waals surface area contributed by atoms with E-state index in [2.05, 4.69) is 45.2 Å². The highest BCUT2D eigenvalue weighted by atomic mass is 16.4. The van der Waals surface area contributed by atoms with Crippen LogP contribution in [0.4, 0.5) is 0 Å². The van der Waals surface area contributed by atoms with Crippen molar-refractivity contribution in [3.63, 3.8) is 0 Å². The van der Waals surface area contributed by atoms with Gasteiger partial charge in [0.2, 0.25) is 0 Å². The molecule has 5 aromatic rings. The average Bonchev–Trinajstić information content (AvgIpc) is 3.64. The molecule has 5 aromatic heterocycles. The van der Waals surface area contributed by atoms with Crippen LogP contribution in [0.25, 0.3) is 17.0 Å². The molecule has 0 bridgehead atoms. The van der Waals surface area contributed by atoms with Gasteiger partial charge in [-0.05, 0) is 30.5 Å². The van der Waals surface area contributed by atoms with Crippen molar-refractivity contribution in [3.05, 3.63) is 71.1 Å². The predicted molar refractivity (Wildman–Crippen MR) is 126 cm³/mol. The quantitative estimate of drug-likeness (QED) is 0.427. The molecule has 1 amide bonds. The second-order valence-electron chi connectivity index (χ2n) is 9.11. The van der Waals surface area contributed by atoms with E-state index < -0.39 is 6.04 Å². The van der Waals surface area contributed by atoms with Crippen molar-refractivity contribution in [3.8, 4) is 11.5 Å². The number of aromatic amines is 1. The lowest BCUT2D eigenvalue weighted by Gasteiger charge is -2.32. The van der Waals surface area contributed by atoms with Gasteiger partial charge in [0.05, 0.1) is 35.0 Å². The van der Waals surface area contributed by atoms with Crippen molar-refractivity contribution in [2.75, 3.05) is 6.54 Å². The Hall–Kier alpha value is -4.28. The van der Waals surface area contributed by atoms with E-state index in [1.807, 2.05) is 36.8 Å². The number of hydrogen-bond donors (Lipinski definition) is 1. The number of carbonyl (C=O) groups excluding carboxylic acids is 1. The topological polar surface area (TPSA) is 123 Å².